The van der Waals surface area contributed by atoms with Crippen molar-refractivity contribution in [3.05, 3.63) is 71.0 Å². The molecule has 0 aliphatic heterocycles. The Balaban J connectivity index is 2.04. The van der Waals surface area contributed by atoms with E-state index in [-0.39, 0.29) is 5.82 Å². The van der Waals surface area contributed by atoms with Gasteiger partial charge >= 0.3 is 0 Å². The Morgan fingerprint density at radius 1 is 1.30 bits per heavy atom. The van der Waals surface area contributed by atoms with Crippen molar-refractivity contribution in [2.45, 2.75) is 6.92 Å². The van der Waals surface area contributed by atoms with Gasteiger partial charge in [-0.15, -0.1) is 0 Å². The van der Waals surface area contributed by atoms with Gasteiger partial charge < -0.3 is 5.32 Å². The predicted molar refractivity (Wildman–Crippen MR) is 89.7 cm³/mol. The Morgan fingerprint density at radius 3 is 2.70 bits per heavy atom. The van der Waals surface area contributed by atoms with Gasteiger partial charge in [0.2, 0.25) is 5.96 Å². The van der Waals surface area contributed by atoms with Gasteiger partial charge in [-0.05, 0) is 49.4 Å². The maximum absolute atomic E-state index is 13.1. The zero-order chi connectivity index (χ0) is 16.2. The van der Waals surface area contributed by atoms with Gasteiger partial charge in [-0.25, -0.2) is 13.3 Å². The topological polar surface area (TPSA) is 66.1 Å². The van der Waals surface area contributed by atoms with Crippen molar-refractivity contribution in [3.63, 3.8) is 0 Å². The van der Waals surface area contributed by atoms with Gasteiger partial charge in [-0.2, -0.15) is 0 Å². The lowest BCUT2D eigenvalue weighted by Crippen LogP contribution is -2.28. The molecule has 0 aliphatic rings. The highest BCUT2D eigenvalue weighted by molar-refractivity contribution is 7.07. The molecule has 2 aromatic heterocycles. The van der Waals surface area contributed by atoms with Crippen LogP contribution in [0.15, 0.2) is 59.9 Å². The largest absolute Gasteiger partial charge is 0.323 e. The summed E-state index contributed by atoms with van der Waals surface area (Å²) in [6.07, 6.45) is 3.35. The molecule has 0 atom stereocenters. The number of hydrogen-bond acceptors (Lipinski definition) is 4. The van der Waals surface area contributed by atoms with Gasteiger partial charge in [0.15, 0.2) is 0 Å². The maximum atomic E-state index is 13.1. The number of halogens is 1. The van der Waals surface area contributed by atoms with Crippen LogP contribution in [0.1, 0.15) is 4.88 Å². The second-order valence-electron chi connectivity index (χ2n) is 4.80. The lowest BCUT2D eigenvalue weighted by Gasteiger charge is -2.10. The number of aliphatic imine (C=N–C) groups is 1. The summed E-state index contributed by atoms with van der Waals surface area (Å²) >= 11 is 1.41. The molecule has 1 aromatic carbocycles. The van der Waals surface area contributed by atoms with Crippen molar-refractivity contribution in [3.8, 4) is 0 Å². The lowest BCUT2D eigenvalue weighted by atomic mass is 10.3. The van der Waals surface area contributed by atoms with E-state index in [2.05, 4.69) is 15.3 Å². The molecular weight excluding hydrogens is 313 g/mol. The fraction of sp³-hybridized carbons (Fsp3) is 0.0625. The zero-order valence-corrected chi connectivity index (χ0v) is 13.1. The van der Waals surface area contributed by atoms with Crippen molar-refractivity contribution in [2.24, 2.45) is 4.99 Å². The number of nitrogens with one attached hydrogen (secondary N) is 2. The van der Waals surface area contributed by atoms with Gasteiger partial charge in [0, 0.05) is 11.1 Å². The van der Waals surface area contributed by atoms with Gasteiger partial charge in [0.05, 0.1) is 17.6 Å². The molecule has 23 heavy (non-hydrogen) atoms. The van der Waals surface area contributed by atoms with E-state index in [1.165, 1.54) is 23.7 Å². The van der Waals surface area contributed by atoms with E-state index in [1.54, 1.807) is 34.5 Å². The Hall–Kier alpha value is -2.80. The van der Waals surface area contributed by atoms with E-state index in [4.69, 9.17) is 5.41 Å². The second-order valence-corrected chi connectivity index (χ2v) is 6.00. The van der Waals surface area contributed by atoms with Crippen LogP contribution in [0.4, 0.5) is 15.8 Å². The standard InChI is InChI=1S/C16H14FN5S/c1-11-9-15(18)22(23-11)16(21-14-3-2-8-19-10-14)20-13-6-4-12(17)5-7-13/h2-10,18H,1H3,(H,20,21). The van der Waals surface area contributed by atoms with Crippen LogP contribution in [-0.2, 0) is 0 Å². The fourth-order valence-electron chi connectivity index (χ4n) is 1.96. The molecule has 116 valence electrons. The molecular formula is C16H14FN5S. The highest BCUT2D eigenvalue weighted by Gasteiger charge is 2.08. The van der Waals surface area contributed by atoms with E-state index >= 15 is 0 Å². The van der Waals surface area contributed by atoms with Crippen molar-refractivity contribution in [2.75, 3.05) is 5.32 Å². The summed E-state index contributed by atoms with van der Waals surface area (Å²) in [4.78, 5) is 9.56. The summed E-state index contributed by atoms with van der Waals surface area (Å²) in [5.74, 6) is 0.152. The predicted octanol–water partition coefficient (Wildman–Crippen LogP) is 3.52. The zero-order valence-electron chi connectivity index (χ0n) is 12.3. The average Bonchev–Trinajstić information content (AvgIpc) is 2.88. The molecule has 0 amide bonds. The number of aromatic nitrogens is 2. The maximum Gasteiger partial charge on any atom is 0.223 e. The molecule has 0 unspecified atom stereocenters. The number of aryl methyl sites for hydroxylation is 1. The molecule has 3 rings (SSSR count). The van der Waals surface area contributed by atoms with E-state index in [9.17, 15) is 4.39 Å². The third-order valence-corrected chi connectivity index (χ3v) is 3.92. The van der Waals surface area contributed by atoms with Crippen molar-refractivity contribution < 1.29 is 4.39 Å². The minimum Gasteiger partial charge on any atom is -0.323 e. The molecule has 0 aliphatic carbocycles. The van der Waals surface area contributed by atoms with Gasteiger partial charge in [-0.3, -0.25) is 10.4 Å². The number of nitrogens with zero attached hydrogens (tertiary/aromatic N) is 3. The van der Waals surface area contributed by atoms with Crippen LogP contribution in [0.25, 0.3) is 0 Å². The van der Waals surface area contributed by atoms with Crippen molar-refractivity contribution in [1.29, 1.82) is 5.41 Å². The number of benzene rings is 1. The molecule has 0 saturated carbocycles. The molecule has 5 nitrogen and oxygen atoms in total. The molecule has 2 N–H and O–H groups in total. The summed E-state index contributed by atoms with van der Waals surface area (Å²) in [6.45, 7) is 1.93. The monoisotopic (exact) mass is 327 g/mol. The highest BCUT2D eigenvalue weighted by Crippen LogP contribution is 2.15. The first kappa shape index (κ1) is 15.1. The first-order valence-corrected chi connectivity index (χ1v) is 7.65. The quantitative estimate of drug-likeness (QED) is 0.559. The molecule has 0 saturated heterocycles. The summed E-state index contributed by atoms with van der Waals surface area (Å²) in [5, 5.41) is 11.2. The fourth-order valence-corrected chi connectivity index (χ4v) is 2.73. The molecule has 2 heterocycles. The normalized spacial score (nSPS) is 11.5. The number of rotatable bonds is 2. The van der Waals surface area contributed by atoms with E-state index < -0.39 is 0 Å². The molecule has 7 heteroatoms. The van der Waals surface area contributed by atoms with Crippen LogP contribution in [0.5, 0.6) is 0 Å². The summed E-state index contributed by atoms with van der Waals surface area (Å²) in [7, 11) is 0. The SMILES string of the molecule is Cc1cc(=N)n(C(=Nc2ccc(F)cc2)Nc2cccnc2)s1. The minimum absolute atomic E-state index is 0.313. The molecule has 0 bridgehead atoms. The Labute approximate surface area is 136 Å². The second kappa shape index (κ2) is 6.53. The number of hydrogen-bond donors (Lipinski definition) is 2. The average molecular weight is 327 g/mol. The number of pyridine rings is 1. The Morgan fingerprint density at radius 2 is 2.09 bits per heavy atom. The summed E-state index contributed by atoms with van der Waals surface area (Å²) in [5.41, 5.74) is 1.67. The van der Waals surface area contributed by atoms with Crippen LogP contribution >= 0.6 is 11.5 Å². The molecule has 0 fully saturated rings. The van der Waals surface area contributed by atoms with Crippen LogP contribution in [0.2, 0.25) is 0 Å². The first-order chi connectivity index (χ1) is 11.1. The lowest BCUT2D eigenvalue weighted by molar-refractivity contribution is 0.628. The Kier molecular flexibility index (Phi) is 4.29. The Bertz CT molecular complexity index is 881. The van der Waals surface area contributed by atoms with E-state index in [0.717, 1.165) is 10.6 Å². The molecule has 0 spiro atoms. The minimum atomic E-state index is -0.313. The summed E-state index contributed by atoms with van der Waals surface area (Å²) in [6, 6.07) is 11.3. The highest BCUT2D eigenvalue weighted by atomic mass is 32.1. The van der Waals surface area contributed by atoms with Crippen LogP contribution in [0, 0.1) is 18.2 Å². The van der Waals surface area contributed by atoms with Gasteiger partial charge in [0.25, 0.3) is 0 Å². The van der Waals surface area contributed by atoms with Crippen LogP contribution < -0.4 is 10.8 Å². The van der Waals surface area contributed by atoms with Crippen LogP contribution in [0.3, 0.4) is 0 Å². The van der Waals surface area contributed by atoms with Crippen LogP contribution in [-0.4, -0.2) is 14.9 Å². The molecule has 0 radical (unpaired) electrons. The van der Waals surface area contributed by atoms with E-state index in [1.807, 2.05) is 19.1 Å². The number of anilines is 1. The van der Waals surface area contributed by atoms with Gasteiger partial charge in [-0.1, -0.05) is 11.5 Å². The van der Waals surface area contributed by atoms with E-state index in [0.29, 0.717) is 17.1 Å². The third kappa shape index (κ3) is 3.70. The van der Waals surface area contributed by atoms with Crippen molar-refractivity contribution in [1.82, 2.24) is 8.94 Å². The smallest absolute Gasteiger partial charge is 0.223 e. The molecule has 3 aromatic rings. The first-order valence-electron chi connectivity index (χ1n) is 6.88. The van der Waals surface area contributed by atoms with Gasteiger partial charge in [0.1, 0.15) is 11.3 Å². The van der Waals surface area contributed by atoms with Crippen molar-refractivity contribution >= 4 is 28.9 Å². The third-order valence-electron chi connectivity index (χ3n) is 2.97. The summed E-state index contributed by atoms with van der Waals surface area (Å²) < 4.78 is 14.7.